The number of benzene rings is 2. The van der Waals surface area contributed by atoms with Crippen LogP contribution in [0.2, 0.25) is 10.0 Å². The van der Waals surface area contributed by atoms with E-state index in [9.17, 15) is 5.11 Å². The number of hydrogen-bond acceptors (Lipinski definition) is 4. The number of phenolic OH excluding ortho intramolecular Hbond substituents is 1. The van der Waals surface area contributed by atoms with Gasteiger partial charge in [-0.2, -0.15) is 4.98 Å². The molecule has 1 N–H and O–H groups in total. The summed E-state index contributed by atoms with van der Waals surface area (Å²) in [6.07, 6.45) is 0. The first-order chi connectivity index (χ1) is 9.65. The summed E-state index contributed by atoms with van der Waals surface area (Å²) in [5.74, 6) is 0.706. The third-order valence-corrected chi connectivity index (χ3v) is 3.37. The van der Waals surface area contributed by atoms with E-state index in [0.29, 0.717) is 27.9 Å². The molecule has 6 heteroatoms. The molecule has 3 rings (SSSR count). The molecule has 0 aliphatic carbocycles. The van der Waals surface area contributed by atoms with Crippen LogP contribution in [0.5, 0.6) is 5.75 Å². The van der Waals surface area contributed by atoms with E-state index in [4.69, 9.17) is 27.7 Å². The fraction of sp³-hybridized carbons (Fsp3) is 0. The van der Waals surface area contributed by atoms with Gasteiger partial charge in [0, 0.05) is 11.1 Å². The first-order valence-corrected chi connectivity index (χ1v) is 6.48. The molecule has 0 radical (unpaired) electrons. The number of aromatic hydroxyl groups is 1. The zero-order valence-corrected chi connectivity index (χ0v) is 11.6. The predicted octanol–water partition coefficient (Wildman–Crippen LogP) is 4.42. The highest BCUT2D eigenvalue weighted by Gasteiger charge is 2.13. The molecule has 0 saturated heterocycles. The Morgan fingerprint density at radius 1 is 1.00 bits per heavy atom. The minimum Gasteiger partial charge on any atom is -0.506 e. The molecule has 0 aliphatic heterocycles. The molecule has 0 saturated carbocycles. The van der Waals surface area contributed by atoms with Crippen molar-refractivity contribution in [3.8, 4) is 28.6 Å². The van der Waals surface area contributed by atoms with Crippen molar-refractivity contribution in [3.05, 3.63) is 52.5 Å². The lowest BCUT2D eigenvalue weighted by Gasteiger charge is -1.98. The van der Waals surface area contributed by atoms with Crippen molar-refractivity contribution < 1.29 is 9.63 Å². The Balaban J connectivity index is 2.02. The van der Waals surface area contributed by atoms with Gasteiger partial charge in [0.05, 0.1) is 10.0 Å². The summed E-state index contributed by atoms with van der Waals surface area (Å²) in [7, 11) is 0. The van der Waals surface area contributed by atoms with Gasteiger partial charge in [-0.3, -0.25) is 0 Å². The fourth-order valence-electron chi connectivity index (χ4n) is 1.73. The third kappa shape index (κ3) is 2.35. The van der Waals surface area contributed by atoms with Gasteiger partial charge >= 0.3 is 0 Å². The fourth-order valence-corrected chi connectivity index (χ4v) is 2.13. The second-order valence-corrected chi connectivity index (χ2v) is 4.88. The summed E-state index contributed by atoms with van der Waals surface area (Å²) < 4.78 is 5.19. The van der Waals surface area contributed by atoms with Crippen LogP contribution in [0.4, 0.5) is 0 Å². The highest BCUT2D eigenvalue weighted by molar-refractivity contribution is 6.33. The molecule has 1 heterocycles. The molecule has 0 fully saturated rings. The SMILES string of the molecule is Oc1ccc(-c2nc(-c3ccccc3Cl)no2)cc1Cl. The van der Waals surface area contributed by atoms with Crippen LogP contribution in [0, 0.1) is 0 Å². The van der Waals surface area contributed by atoms with Crippen LogP contribution in [0.25, 0.3) is 22.8 Å². The highest BCUT2D eigenvalue weighted by Crippen LogP contribution is 2.31. The van der Waals surface area contributed by atoms with E-state index in [0.717, 1.165) is 0 Å². The summed E-state index contributed by atoms with van der Waals surface area (Å²) in [4.78, 5) is 4.28. The summed E-state index contributed by atoms with van der Waals surface area (Å²) in [6, 6.07) is 11.9. The molecule has 0 unspecified atom stereocenters. The third-order valence-electron chi connectivity index (χ3n) is 2.74. The summed E-state index contributed by atoms with van der Waals surface area (Å²) >= 11 is 11.9. The zero-order chi connectivity index (χ0) is 14.1. The van der Waals surface area contributed by atoms with Crippen molar-refractivity contribution >= 4 is 23.2 Å². The summed E-state index contributed by atoms with van der Waals surface area (Å²) in [5, 5.41) is 14.1. The molecule has 3 aromatic rings. The quantitative estimate of drug-likeness (QED) is 0.761. The molecule has 100 valence electrons. The van der Waals surface area contributed by atoms with Crippen molar-refractivity contribution in [1.29, 1.82) is 0 Å². The van der Waals surface area contributed by atoms with Crippen LogP contribution < -0.4 is 0 Å². The van der Waals surface area contributed by atoms with Gasteiger partial charge in [-0.25, -0.2) is 0 Å². The Labute approximate surface area is 124 Å². The zero-order valence-electron chi connectivity index (χ0n) is 10.0. The van der Waals surface area contributed by atoms with Gasteiger partial charge < -0.3 is 9.63 Å². The van der Waals surface area contributed by atoms with Crippen molar-refractivity contribution in [1.82, 2.24) is 10.1 Å². The Kier molecular flexibility index (Phi) is 3.34. The average Bonchev–Trinajstić information content (AvgIpc) is 2.92. The van der Waals surface area contributed by atoms with Gasteiger partial charge in [-0.05, 0) is 30.3 Å². The number of rotatable bonds is 2. The lowest BCUT2D eigenvalue weighted by atomic mass is 10.2. The van der Waals surface area contributed by atoms with Crippen LogP contribution >= 0.6 is 23.2 Å². The van der Waals surface area contributed by atoms with E-state index in [1.165, 1.54) is 6.07 Å². The summed E-state index contributed by atoms with van der Waals surface area (Å²) in [6.45, 7) is 0. The van der Waals surface area contributed by atoms with Crippen molar-refractivity contribution in [2.24, 2.45) is 0 Å². The molecule has 1 aromatic heterocycles. The number of phenols is 1. The Morgan fingerprint density at radius 3 is 2.55 bits per heavy atom. The molecule has 0 atom stereocenters. The lowest BCUT2D eigenvalue weighted by Crippen LogP contribution is -1.82. The molecule has 2 aromatic carbocycles. The van der Waals surface area contributed by atoms with Crippen molar-refractivity contribution in [2.45, 2.75) is 0 Å². The second kappa shape index (κ2) is 5.15. The lowest BCUT2D eigenvalue weighted by molar-refractivity contribution is 0.432. The minimum atomic E-state index is 0.00117. The number of hydrogen-bond donors (Lipinski definition) is 1. The van der Waals surface area contributed by atoms with Gasteiger partial charge in [-0.1, -0.05) is 40.5 Å². The molecule has 0 aliphatic rings. The second-order valence-electron chi connectivity index (χ2n) is 4.07. The van der Waals surface area contributed by atoms with E-state index >= 15 is 0 Å². The maximum atomic E-state index is 9.39. The van der Waals surface area contributed by atoms with E-state index in [-0.39, 0.29) is 10.8 Å². The molecular formula is C14H8Cl2N2O2. The van der Waals surface area contributed by atoms with Gasteiger partial charge in [0.1, 0.15) is 5.75 Å². The first kappa shape index (κ1) is 13.0. The number of nitrogens with zero attached hydrogens (tertiary/aromatic N) is 2. The van der Waals surface area contributed by atoms with Crippen LogP contribution in [0.1, 0.15) is 0 Å². The highest BCUT2D eigenvalue weighted by atomic mass is 35.5. The maximum Gasteiger partial charge on any atom is 0.258 e. The van der Waals surface area contributed by atoms with E-state index in [2.05, 4.69) is 10.1 Å². The van der Waals surface area contributed by atoms with Gasteiger partial charge in [0.15, 0.2) is 0 Å². The maximum absolute atomic E-state index is 9.39. The Bertz CT molecular complexity index is 771. The standard InChI is InChI=1S/C14H8Cl2N2O2/c15-10-4-2-1-3-9(10)13-17-14(20-18-13)8-5-6-12(19)11(16)7-8/h1-7,19H. The topological polar surface area (TPSA) is 59.2 Å². The largest absolute Gasteiger partial charge is 0.506 e. The van der Waals surface area contributed by atoms with Crippen LogP contribution in [-0.2, 0) is 0 Å². The van der Waals surface area contributed by atoms with Crippen molar-refractivity contribution in [2.75, 3.05) is 0 Å². The van der Waals surface area contributed by atoms with Crippen LogP contribution in [0.3, 0.4) is 0 Å². The Hall–Kier alpha value is -2.04. The number of halogens is 2. The van der Waals surface area contributed by atoms with Crippen LogP contribution in [0.15, 0.2) is 47.0 Å². The summed E-state index contributed by atoms with van der Waals surface area (Å²) in [5.41, 5.74) is 1.31. The van der Waals surface area contributed by atoms with E-state index < -0.39 is 0 Å². The molecule has 0 bridgehead atoms. The normalized spacial score (nSPS) is 10.7. The van der Waals surface area contributed by atoms with Gasteiger partial charge in [-0.15, -0.1) is 0 Å². The molecule has 20 heavy (non-hydrogen) atoms. The van der Waals surface area contributed by atoms with Crippen molar-refractivity contribution in [3.63, 3.8) is 0 Å². The predicted molar refractivity (Wildman–Crippen MR) is 76.9 cm³/mol. The molecule has 4 nitrogen and oxygen atoms in total. The first-order valence-electron chi connectivity index (χ1n) is 5.72. The molecular weight excluding hydrogens is 299 g/mol. The minimum absolute atomic E-state index is 0.00117. The van der Waals surface area contributed by atoms with Gasteiger partial charge in [0.25, 0.3) is 5.89 Å². The number of aromatic nitrogens is 2. The van der Waals surface area contributed by atoms with E-state index in [1.807, 2.05) is 12.1 Å². The molecule has 0 amide bonds. The van der Waals surface area contributed by atoms with E-state index in [1.54, 1.807) is 24.3 Å². The van der Waals surface area contributed by atoms with Crippen LogP contribution in [-0.4, -0.2) is 15.2 Å². The average molecular weight is 307 g/mol. The smallest absolute Gasteiger partial charge is 0.258 e. The van der Waals surface area contributed by atoms with Gasteiger partial charge in [0.2, 0.25) is 5.82 Å². The monoisotopic (exact) mass is 306 g/mol. The Morgan fingerprint density at radius 2 is 1.80 bits per heavy atom. The molecule has 0 spiro atoms.